The van der Waals surface area contributed by atoms with Crippen molar-refractivity contribution in [3.63, 3.8) is 0 Å². The normalized spacial score (nSPS) is 17.9. The summed E-state index contributed by atoms with van der Waals surface area (Å²) in [5.41, 5.74) is -2.13. The minimum absolute atomic E-state index is 0.161. The Balaban J connectivity index is 1.26. The van der Waals surface area contributed by atoms with Gasteiger partial charge in [-0.25, -0.2) is 9.78 Å². The standard InChI is InChI=1S/C32H41F3N6O4/c1-30(2,3)45-29(43)40-15-9-21(10-16-40)39-13-11-22(12-14-39)41-19-20-17-26(23(31(4,5)44)18-25(20)38-41)37-28(42)24-7-6-8-27(36-24)32(33,34)35/h6-8,17-19,21-22,44H,9-16H2,1-5H3,(H,37,42). The number of fused-ring (bicyclic) bond motifs is 1. The number of rotatable bonds is 5. The Labute approximate surface area is 260 Å². The molecule has 0 atom stereocenters. The molecule has 244 valence electrons. The second-order valence-corrected chi connectivity index (χ2v) is 13.5. The number of likely N-dealkylation sites (tertiary alicyclic amines) is 2. The number of anilines is 1. The van der Waals surface area contributed by atoms with Gasteiger partial charge in [-0.1, -0.05) is 6.07 Å². The average molecular weight is 631 g/mol. The summed E-state index contributed by atoms with van der Waals surface area (Å²) in [4.78, 5) is 33.2. The number of alkyl halides is 3. The van der Waals surface area contributed by atoms with Crippen LogP contribution >= 0.6 is 0 Å². The van der Waals surface area contributed by atoms with Crippen LogP contribution in [0, 0.1) is 0 Å². The fraction of sp³-hybridized carbons (Fsp3) is 0.562. The van der Waals surface area contributed by atoms with Crippen LogP contribution in [-0.4, -0.2) is 79.5 Å². The molecule has 2 N–H and O–H groups in total. The number of nitrogens with one attached hydrogen (secondary N) is 1. The summed E-state index contributed by atoms with van der Waals surface area (Å²) in [6.07, 6.45) is 0.555. The van der Waals surface area contributed by atoms with Gasteiger partial charge in [0.1, 0.15) is 17.0 Å². The summed E-state index contributed by atoms with van der Waals surface area (Å²) in [7, 11) is 0. The van der Waals surface area contributed by atoms with Crippen LogP contribution < -0.4 is 5.32 Å². The van der Waals surface area contributed by atoms with E-state index in [2.05, 4.69) is 15.2 Å². The summed E-state index contributed by atoms with van der Waals surface area (Å²) in [5.74, 6) is -0.817. The average Bonchev–Trinajstić information content (AvgIpc) is 3.38. The molecule has 10 nitrogen and oxygen atoms in total. The van der Waals surface area contributed by atoms with E-state index in [9.17, 15) is 27.9 Å². The largest absolute Gasteiger partial charge is 0.444 e. The number of piperidine rings is 2. The van der Waals surface area contributed by atoms with Gasteiger partial charge in [0.05, 0.1) is 17.2 Å². The molecule has 2 aromatic heterocycles. The number of amides is 2. The van der Waals surface area contributed by atoms with Gasteiger partial charge in [0, 0.05) is 55.1 Å². The fourth-order valence-corrected chi connectivity index (χ4v) is 6.05. The van der Waals surface area contributed by atoms with Crippen LogP contribution in [0.1, 0.15) is 88.1 Å². The maximum absolute atomic E-state index is 13.2. The van der Waals surface area contributed by atoms with E-state index in [-0.39, 0.29) is 23.5 Å². The Morgan fingerprint density at radius 3 is 2.20 bits per heavy atom. The zero-order chi connectivity index (χ0) is 32.7. The van der Waals surface area contributed by atoms with Crippen molar-refractivity contribution >= 4 is 28.6 Å². The van der Waals surface area contributed by atoms with Crippen LogP contribution in [0.4, 0.5) is 23.7 Å². The molecule has 2 aliphatic rings. The zero-order valence-corrected chi connectivity index (χ0v) is 26.3. The maximum Gasteiger partial charge on any atom is 0.433 e. The zero-order valence-electron chi connectivity index (χ0n) is 26.3. The van der Waals surface area contributed by atoms with Crippen molar-refractivity contribution in [3.8, 4) is 0 Å². The lowest BCUT2D eigenvalue weighted by Crippen LogP contribution is -2.49. The lowest BCUT2D eigenvalue weighted by molar-refractivity contribution is -0.141. The Kier molecular flexibility index (Phi) is 8.89. The molecule has 0 unspecified atom stereocenters. The van der Waals surface area contributed by atoms with Crippen molar-refractivity contribution < 1.29 is 32.6 Å². The molecular weight excluding hydrogens is 589 g/mol. The van der Waals surface area contributed by atoms with Crippen LogP contribution in [0.3, 0.4) is 0 Å². The van der Waals surface area contributed by atoms with Crippen molar-refractivity contribution in [1.82, 2.24) is 24.6 Å². The number of halogens is 3. The van der Waals surface area contributed by atoms with Gasteiger partial charge in [-0.2, -0.15) is 18.3 Å². The molecule has 0 aliphatic carbocycles. The number of nitrogens with zero attached hydrogens (tertiary/aromatic N) is 5. The lowest BCUT2D eigenvalue weighted by Gasteiger charge is -2.41. The molecule has 0 radical (unpaired) electrons. The lowest BCUT2D eigenvalue weighted by atomic mass is 9.95. The maximum atomic E-state index is 13.2. The van der Waals surface area contributed by atoms with Crippen molar-refractivity contribution in [1.29, 1.82) is 0 Å². The van der Waals surface area contributed by atoms with Crippen molar-refractivity contribution in [2.75, 3.05) is 31.5 Å². The topological polar surface area (TPSA) is 113 Å². The second-order valence-electron chi connectivity index (χ2n) is 13.5. The number of carbonyl (C=O) groups excluding carboxylic acids is 2. The number of hydrogen-bond donors (Lipinski definition) is 2. The van der Waals surface area contributed by atoms with Crippen molar-refractivity contribution in [3.05, 3.63) is 53.5 Å². The minimum atomic E-state index is -4.68. The Bertz CT molecular complexity index is 1540. The van der Waals surface area contributed by atoms with E-state index in [1.54, 1.807) is 30.9 Å². The van der Waals surface area contributed by atoms with E-state index in [4.69, 9.17) is 9.84 Å². The Morgan fingerprint density at radius 2 is 1.60 bits per heavy atom. The summed E-state index contributed by atoms with van der Waals surface area (Å²) < 4.78 is 46.9. The molecule has 45 heavy (non-hydrogen) atoms. The highest BCUT2D eigenvalue weighted by Gasteiger charge is 2.34. The highest BCUT2D eigenvalue weighted by Crippen LogP contribution is 2.34. The molecular formula is C32H41F3N6O4. The van der Waals surface area contributed by atoms with E-state index in [1.165, 1.54) is 6.07 Å². The van der Waals surface area contributed by atoms with Gasteiger partial charge in [0.2, 0.25) is 0 Å². The van der Waals surface area contributed by atoms with Crippen LogP contribution in [0.25, 0.3) is 10.9 Å². The predicted octanol–water partition coefficient (Wildman–Crippen LogP) is 5.97. The van der Waals surface area contributed by atoms with E-state index in [1.807, 2.05) is 31.6 Å². The first-order valence-electron chi connectivity index (χ1n) is 15.3. The number of carbonyl (C=O) groups is 2. The quantitative estimate of drug-likeness (QED) is 0.358. The van der Waals surface area contributed by atoms with Crippen LogP contribution in [0.5, 0.6) is 0 Å². The van der Waals surface area contributed by atoms with Gasteiger partial charge in [-0.3, -0.25) is 9.48 Å². The van der Waals surface area contributed by atoms with Crippen molar-refractivity contribution in [2.24, 2.45) is 0 Å². The monoisotopic (exact) mass is 630 g/mol. The molecule has 3 aromatic rings. The molecule has 0 bridgehead atoms. The summed E-state index contributed by atoms with van der Waals surface area (Å²) in [5, 5.41) is 19.1. The van der Waals surface area contributed by atoms with Gasteiger partial charge in [-0.05, 0) is 84.6 Å². The molecule has 0 saturated carbocycles. The third kappa shape index (κ3) is 7.75. The Morgan fingerprint density at radius 1 is 0.956 bits per heavy atom. The first kappa shape index (κ1) is 32.7. The fourth-order valence-electron chi connectivity index (χ4n) is 6.05. The van der Waals surface area contributed by atoms with Crippen molar-refractivity contribution in [2.45, 2.75) is 89.8 Å². The summed E-state index contributed by atoms with van der Waals surface area (Å²) in [6, 6.07) is 7.11. The number of ether oxygens (including phenoxy) is 1. The van der Waals surface area contributed by atoms with Gasteiger partial charge in [-0.15, -0.1) is 0 Å². The molecule has 5 rings (SSSR count). The molecule has 2 fully saturated rings. The van der Waals surface area contributed by atoms with Crippen LogP contribution in [0.15, 0.2) is 36.5 Å². The third-order valence-corrected chi connectivity index (χ3v) is 8.35. The first-order chi connectivity index (χ1) is 21.0. The molecule has 1 aromatic carbocycles. The summed E-state index contributed by atoms with van der Waals surface area (Å²) in [6.45, 7) is 11.9. The van der Waals surface area contributed by atoms with E-state index < -0.39 is 29.0 Å². The van der Waals surface area contributed by atoms with E-state index in [0.717, 1.165) is 56.3 Å². The second kappa shape index (κ2) is 12.2. The van der Waals surface area contributed by atoms with Crippen LogP contribution in [-0.2, 0) is 16.5 Å². The number of benzene rings is 1. The van der Waals surface area contributed by atoms with E-state index in [0.29, 0.717) is 30.2 Å². The third-order valence-electron chi connectivity index (χ3n) is 8.35. The Hall–Kier alpha value is -3.71. The minimum Gasteiger partial charge on any atom is -0.444 e. The number of aliphatic hydroxyl groups is 1. The molecule has 2 aliphatic heterocycles. The highest BCUT2D eigenvalue weighted by molar-refractivity contribution is 6.04. The molecule has 4 heterocycles. The predicted molar refractivity (Wildman–Crippen MR) is 163 cm³/mol. The van der Waals surface area contributed by atoms with Gasteiger partial charge < -0.3 is 25.0 Å². The number of hydrogen-bond acceptors (Lipinski definition) is 7. The van der Waals surface area contributed by atoms with Gasteiger partial charge >= 0.3 is 12.3 Å². The first-order valence-corrected chi connectivity index (χ1v) is 15.3. The van der Waals surface area contributed by atoms with E-state index >= 15 is 0 Å². The SMILES string of the molecule is CC(C)(C)OC(=O)N1CCC(N2CCC(n3cc4cc(NC(=O)c5cccc(C(F)(F)F)n5)c(C(C)(C)O)cc4n3)CC2)CC1. The molecule has 2 amide bonds. The number of aromatic nitrogens is 3. The molecule has 13 heteroatoms. The van der Waals surface area contributed by atoms with Gasteiger partial charge in [0.25, 0.3) is 5.91 Å². The van der Waals surface area contributed by atoms with Crippen LogP contribution in [0.2, 0.25) is 0 Å². The summed E-state index contributed by atoms with van der Waals surface area (Å²) >= 11 is 0. The molecule has 0 spiro atoms. The van der Waals surface area contributed by atoms with Gasteiger partial charge in [0.15, 0.2) is 0 Å². The molecule has 2 saturated heterocycles. The number of pyridine rings is 1. The highest BCUT2D eigenvalue weighted by atomic mass is 19.4. The smallest absolute Gasteiger partial charge is 0.433 e.